The summed E-state index contributed by atoms with van der Waals surface area (Å²) in [5.41, 5.74) is 1.38. The van der Waals surface area contributed by atoms with Crippen molar-refractivity contribution in [2.75, 3.05) is 49.4 Å². The van der Waals surface area contributed by atoms with E-state index in [1.165, 1.54) is 6.07 Å². The van der Waals surface area contributed by atoms with Crippen molar-refractivity contribution < 1.29 is 46.6 Å². The van der Waals surface area contributed by atoms with Gasteiger partial charge in [-0.05, 0) is 118 Å². The van der Waals surface area contributed by atoms with E-state index >= 15 is 0 Å². The number of carbonyl (C=O) groups is 4. The van der Waals surface area contributed by atoms with Gasteiger partial charge in [-0.2, -0.15) is 18.4 Å². The maximum atomic E-state index is 14.1. The first kappa shape index (κ1) is 54.5. The molecular formula is C52H62F3N7O7S2. The predicted octanol–water partition coefficient (Wildman–Crippen LogP) is 9.47. The lowest BCUT2D eigenvalue weighted by atomic mass is 9.77. The number of ketones is 1. The molecule has 19 heteroatoms. The number of nitriles is 1. The van der Waals surface area contributed by atoms with Gasteiger partial charge in [-0.15, -0.1) is 11.3 Å². The van der Waals surface area contributed by atoms with Crippen LogP contribution in [0.2, 0.25) is 0 Å². The monoisotopic (exact) mass is 1020 g/mol. The van der Waals surface area contributed by atoms with Crippen LogP contribution in [-0.4, -0.2) is 94.6 Å². The Morgan fingerprint density at radius 3 is 2.28 bits per heavy atom. The first-order chi connectivity index (χ1) is 33.6. The van der Waals surface area contributed by atoms with Crippen molar-refractivity contribution >= 4 is 63.5 Å². The fraction of sp³-hybridized carbons (Fsp3) is 0.500. The summed E-state index contributed by atoms with van der Waals surface area (Å²) in [4.78, 5) is 67.6. The van der Waals surface area contributed by atoms with Crippen LogP contribution in [0.1, 0.15) is 103 Å². The number of likely N-dealkylation sites (tertiary alicyclic amines) is 1. The number of ether oxygens (including phenoxy) is 3. The highest BCUT2D eigenvalue weighted by atomic mass is 32.1. The molecule has 380 valence electrons. The number of aryl methyl sites for hydroxylation is 1. The molecule has 0 saturated carbocycles. The van der Waals surface area contributed by atoms with E-state index in [0.29, 0.717) is 69.9 Å². The number of unbranched alkanes of at least 4 members (excludes halogenated alkanes) is 2. The minimum atomic E-state index is -4.86. The third-order valence-corrected chi connectivity index (χ3v) is 14.0. The molecule has 0 spiro atoms. The lowest BCUT2D eigenvalue weighted by Crippen LogP contribution is -2.50. The Bertz CT molecular complexity index is 2580. The number of thiocarbonyl (C=S) groups is 1. The number of halogens is 3. The largest absolute Gasteiger partial charge is 0.494 e. The van der Waals surface area contributed by atoms with Gasteiger partial charge in [0.05, 0.1) is 40.1 Å². The number of aromatic nitrogens is 2. The van der Waals surface area contributed by atoms with Gasteiger partial charge in [-0.25, -0.2) is 9.97 Å². The molecule has 2 aliphatic heterocycles. The zero-order valence-electron chi connectivity index (χ0n) is 41.3. The van der Waals surface area contributed by atoms with Crippen molar-refractivity contribution in [3.8, 4) is 22.3 Å². The van der Waals surface area contributed by atoms with E-state index in [4.69, 9.17) is 31.7 Å². The third-order valence-electron chi connectivity index (χ3n) is 12.6. The highest BCUT2D eigenvalue weighted by Gasteiger charge is 2.51. The molecule has 4 heterocycles. The molecule has 1 N–H and O–H groups in total. The van der Waals surface area contributed by atoms with E-state index in [2.05, 4.69) is 15.3 Å². The minimum Gasteiger partial charge on any atom is -0.494 e. The number of amides is 3. The van der Waals surface area contributed by atoms with Gasteiger partial charge in [0, 0.05) is 50.9 Å². The molecular weight excluding hydrogens is 956 g/mol. The number of rotatable bonds is 22. The Labute approximate surface area is 422 Å². The smallest absolute Gasteiger partial charge is 0.419 e. The minimum absolute atomic E-state index is 0.0193. The van der Waals surface area contributed by atoms with E-state index in [0.717, 1.165) is 52.1 Å². The van der Waals surface area contributed by atoms with Gasteiger partial charge >= 0.3 is 6.18 Å². The predicted molar refractivity (Wildman–Crippen MR) is 269 cm³/mol. The lowest BCUT2D eigenvalue weighted by Gasteiger charge is -2.34. The van der Waals surface area contributed by atoms with Crippen molar-refractivity contribution in [1.82, 2.24) is 20.2 Å². The van der Waals surface area contributed by atoms with Gasteiger partial charge in [-0.1, -0.05) is 52.0 Å². The molecule has 2 saturated heterocycles. The molecule has 4 aromatic rings. The topological polar surface area (TPSA) is 167 Å². The zero-order valence-corrected chi connectivity index (χ0v) is 42.9. The van der Waals surface area contributed by atoms with Gasteiger partial charge in [0.2, 0.25) is 11.8 Å². The summed E-state index contributed by atoms with van der Waals surface area (Å²) >= 11 is 7.19. The molecule has 0 bridgehead atoms. The van der Waals surface area contributed by atoms with Gasteiger partial charge in [-0.3, -0.25) is 24.1 Å². The lowest BCUT2D eigenvalue weighted by molar-refractivity contribution is -0.146. The molecule has 0 radical (unpaired) electrons. The number of hydrogen-bond acceptors (Lipinski definition) is 12. The standard InChI is InChI=1S/C52H62F3N7O7S2/c1-33-24-44(46(64)58-28-35-12-14-36(15-13-35)45-34(2)59-32-71-45)60(30-33)47(65)42(50(3,4)5)26-39(63)31-68-22-11-21-67-20-9-8-10-23-69-40-18-16-37(17-19-40)62-49(70)61(48(66)51(62,6)7)38-25-41(52(53,54)55)43(27-56)57-29-38/h12-19,25,29,32-33,42,44H,8-11,20-24,26,28,30-31H2,1-7H3,(H,58,64)/t33-,42-,44+/m1/s1. The second-order valence-electron chi connectivity index (χ2n) is 19.6. The fourth-order valence-corrected chi connectivity index (χ4v) is 10.0. The van der Waals surface area contributed by atoms with Crippen molar-refractivity contribution in [2.24, 2.45) is 17.3 Å². The number of Topliss-reactive ketones (excluding diaryl/α,β-unsaturated/α-hetero) is 1. The molecule has 0 unspecified atom stereocenters. The highest BCUT2D eigenvalue weighted by Crippen LogP contribution is 2.40. The fourth-order valence-electron chi connectivity index (χ4n) is 8.70. The van der Waals surface area contributed by atoms with Crippen LogP contribution in [0.5, 0.6) is 5.75 Å². The summed E-state index contributed by atoms with van der Waals surface area (Å²) in [5, 5.41) is 12.1. The number of nitrogens with zero attached hydrogens (tertiary/aromatic N) is 6. The maximum absolute atomic E-state index is 14.1. The average molecular weight is 1020 g/mol. The summed E-state index contributed by atoms with van der Waals surface area (Å²) in [6.07, 6.45) is -0.206. The van der Waals surface area contributed by atoms with Crippen molar-refractivity contribution in [2.45, 2.75) is 111 Å². The normalized spacial score (nSPS) is 17.4. The molecule has 2 aromatic carbocycles. The summed E-state index contributed by atoms with van der Waals surface area (Å²) in [6.45, 7) is 15.6. The number of benzene rings is 2. The van der Waals surface area contributed by atoms with E-state index in [1.807, 2.05) is 64.4 Å². The second kappa shape index (κ2) is 23.6. The van der Waals surface area contributed by atoms with Gasteiger partial charge in [0.1, 0.15) is 30.0 Å². The van der Waals surface area contributed by atoms with Crippen LogP contribution in [0.3, 0.4) is 0 Å². The Kier molecular flexibility index (Phi) is 18.1. The van der Waals surface area contributed by atoms with E-state index < -0.39 is 46.3 Å². The van der Waals surface area contributed by atoms with E-state index in [1.54, 1.807) is 59.2 Å². The number of nitrogens with one attached hydrogen (secondary N) is 1. The summed E-state index contributed by atoms with van der Waals surface area (Å²) in [5.74, 6) is -0.987. The van der Waals surface area contributed by atoms with Crippen molar-refractivity contribution in [1.29, 1.82) is 5.26 Å². The SMILES string of the molecule is Cc1ncsc1-c1ccc(CNC(=O)[C@@H]2C[C@@H](C)CN2C(=O)[C@@H](CC(=O)COCCCOCCCCCOc2ccc(N3C(=S)N(c4cnc(C#N)c(C(F)(F)F)c4)C(=O)C3(C)C)cc2)C(C)(C)C)cc1. The van der Waals surface area contributed by atoms with E-state index in [-0.39, 0.29) is 47.3 Å². The first-order valence-corrected chi connectivity index (χ1v) is 25.0. The molecule has 71 heavy (non-hydrogen) atoms. The van der Waals surface area contributed by atoms with Crippen LogP contribution in [0.25, 0.3) is 10.4 Å². The van der Waals surface area contributed by atoms with Crippen LogP contribution >= 0.6 is 23.6 Å². The van der Waals surface area contributed by atoms with Crippen molar-refractivity contribution in [3.05, 3.63) is 88.8 Å². The number of alkyl halides is 3. The average Bonchev–Trinajstić information content (AvgIpc) is 3.99. The molecule has 2 aliphatic rings. The Morgan fingerprint density at radius 2 is 1.63 bits per heavy atom. The quantitative estimate of drug-likeness (QED) is 0.0586. The number of pyridine rings is 1. The Hall–Kier alpha value is -5.81. The van der Waals surface area contributed by atoms with Crippen molar-refractivity contribution in [3.63, 3.8) is 0 Å². The first-order valence-electron chi connectivity index (χ1n) is 23.8. The molecule has 3 amide bonds. The third kappa shape index (κ3) is 13.6. The Balaban J connectivity index is 0.851. The number of anilines is 2. The zero-order chi connectivity index (χ0) is 51.7. The van der Waals surface area contributed by atoms with Crippen LogP contribution in [0, 0.1) is 35.5 Å². The second-order valence-corrected chi connectivity index (χ2v) is 20.8. The highest BCUT2D eigenvalue weighted by molar-refractivity contribution is 7.81. The maximum Gasteiger partial charge on any atom is 0.419 e. The summed E-state index contributed by atoms with van der Waals surface area (Å²) < 4.78 is 58.4. The Morgan fingerprint density at radius 1 is 0.958 bits per heavy atom. The number of thiazole rings is 1. The molecule has 0 aliphatic carbocycles. The van der Waals surface area contributed by atoms with E-state index in [9.17, 15) is 32.3 Å². The summed E-state index contributed by atoms with van der Waals surface area (Å²) in [6, 6.07) is 16.5. The van der Waals surface area contributed by atoms with Gasteiger partial charge in [0.25, 0.3) is 5.91 Å². The van der Waals surface area contributed by atoms with Crippen LogP contribution in [0.15, 0.2) is 66.3 Å². The number of carbonyl (C=O) groups excluding carboxylic acids is 4. The number of hydrogen-bond donors (Lipinski definition) is 1. The van der Waals surface area contributed by atoms with Gasteiger partial charge in [0.15, 0.2) is 16.6 Å². The molecule has 14 nitrogen and oxygen atoms in total. The summed E-state index contributed by atoms with van der Waals surface area (Å²) in [7, 11) is 0. The molecule has 3 atom stereocenters. The van der Waals surface area contributed by atoms with Crippen LogP contribution < -0.4 is 19.9 Å². The van der Waals surface area contributed by atoms with Crippen LogP contribution in [-0.2, 0) is 41.4 Å². The molecule has 2 aromatic heterocycles. The molecule has 6 rings (SSSR count). The van der Waals surface area contributed by atoms with Gasteiger partial charge < -0.3 is 29.3 Å². The van der Waals surface area contributed by atoms with Crippen LogP contribution in [0.4, 0.5) is 24.5 Å². The molecule has 2 fully saturated rings.